The highest BCUT2D eigenvalue weighted by molar-refractivity contribution is 7.80. The number of ether oxygens (including phenoxy) is 5. The van der Waals surface area contributed by atoms with Gasteiger partial charge in [0.15, 0.2) is 5.11 Å². The van der Waals surface area contributed by atoms with Crippen molar-refractivity contribution in [2.75, 3.05) is 25.6 Å². The standard InChI is InChI=1S/C44H49N7O11S/c1-6-44(28-16-31-33-27(15-23-9-7-8-10-29(23)48-33)39(55)51(31)18-24(28)19-59-42(44)57)62-40(56)32(21(2)3)49-38(54)34(30-17-45-20-46-30)50-43(63)47-25-11-13-26(14-12-25)61-41-36(53)37(58-5)35(52)22(4)60-41/h7-17,20-22,24,28,32,34-37,41,52-53H,6,18-19H2,1-5H3,(H,45,46)(H,49,54)(H2,47,50,63)/t22-,24?,28?,32-,34-,35+,36-,37+,41+,44-/m0/s1. The molecular weight excluding hydrogens is 835 g/mol. The molecule has 2 aromatic carbocycles. The highest BCUT2D eigenvalue weighted by Gasteiger charge is 2.58. The summed E-state index contributed by atoms with van der Waals surface area (Å²) in [7, 11) is 1.38. The van der Waals surface area contributed by atoms with Crippen molar-refractivity contribution in [3.63, 3.8) is 0 Å². The monoisotopic (exact) mass is 883 g/mol. The Hall–Kier alpha value is -5.99. The molecule has 63 heavy (non-hydrogen) atoms. The summed E-state index contributed by atoms with van der Waals surface area (Å²) in [5.41, 5.74) is 1.32. The second kappa shape index (κ2) is 17.6. The minimum Gasteiger partial charge on any atom is -0.462 e. The third kappa shape index (κ3) is 8.22. The number of aliphatic hydroxyl groups excluding tert-OH is 2. The van der Waals surface area contributed by atoms with Gasteiger partial charge in [-0.05, 0) is 67.9 Å². The Morgan fingerprint density at radius 3 is 2.56 bits per heavy atom. The molecule has 332 valence electrons. The van der Waals surface area contributed by atoms with Crippen LogP contribution in [0.5, 0.6) is 5.75 Å². The number of benzene rings is 2. The van der Waals surface area contributed by atoms with Gasteiger partial charge < -0.3 is 59.7 Å². The predicted molar refractivity (Wildman–Crippen MR) is 229 cm³/mol. The first-order valence-electron chi connectivity index (χ1n) is 20.7. The van der Waals surface area contributed by atoms with Crippen molar-refractivity contribution >= 4 is 63.4 Å². The summed E-state index contributed by atoms with van der Waals surface area (Å²) in [5, 5.41) is 30.6. The van der Waals surface area contributed by atoms with Crippen molar-refractivity contribution in [1.29, 1.82) is 0 Å². The molecule has 10 atom stereocenters. The molecule has 4 aromatic rings. The number of nitrogens with zero attached hydrogens (tertiary/aromatic N) is 3. The zero-order chi connectivity index (χ0) is 44.7. The summed E-state index contributed by atoms with van der Waals surface area (Å²) in [6, 6.07) is 13.5. The first-order chi connectivity index (χ1) is 30.2. The molecule has 2 aromatic heterocycles. The number of aromatic amines is 1. The quantitative estimate of drug-likeness (QED) is 0.0887. The molecule has 19 heteroatoms. The van der Waals surface area contributed by atoms with Crippen LogP contribution in [-0.2, 0) is 33.3 Å². The van der Waals surface area contributed by atoms with Gasteiger partial charge in [0.05, 0.1) is 53.4 Å². The molecule has 18 nitrogen and oxygen atoms in total. The van der Waals surface area contributed by atoms with E-state index in [0.29, 0.717) is 39.6 Å². The Balaban J connectivity index is 0.967. The van der Waals surface area contributed by atoms with E-state index in [1.54, 1.807) is 56.9 Å². The van der Waals surface area contributed by atoms with Crippen molar-refractivity contribution < 1.29 is 53.1 Å². The molecule has 2 fully saturated rings. The lowest BCUT2D eigenvalue weighted by molar-refractivity contribution is -0.272. The maximum absolute atomic E-state index is 14.3. The molecule has 6 heterocycles. The molecule has 2 saturated heterocycles. The van der Waals surface area contributed by atoms with Crippen LogP contribution < -0.4 is 20.7 Å². The average molecular weight is 884 g/mol. The number of esters is 2. The Labute approximate surface area is 367 Å². The Morgan fingerprint density at radius 1 is 1.10 bits per heavy atom. The van der Waals surface area contributed by atoms with Gasteiger partial charge in [-0.3, -0.25) is 9.59 Å². The van der Waals surface area contributed by atoms with Crippen molar-refractivity contribution in [3.8, 4) is 5.75 Å². The van der Waals surface area contributed by atoms with Crippen LogP contribution in [0.3, 0.4) is 0 Å². The highest BCUT2D eigenvalue weighted by Crippen LogP contribution is 2.47. The van der Waals surface area contributed by atoms with Gasteiger partial charge in [0, 0.05) is 36.6 Å². The number of carbonyl (C=O) groups excluding carboxylic acids is 4. The van der Waals surface area contributed by atoms with Gasteiger partial charge >= 0.3 is 11.9 Å². The molecule has 4 aliphatic rings. The third-order valence-corrected chi connectivity index (χ3v) is 12.3. The van der Waals surface area contributed by atoms with Gasteiger partial charge in [0.2, 0.25) is 17.8 Å². The van der Waals surface area contributed by atoms with Crippen molar-refractivity contribution in [2.45, 2.75) is 82.5 Å². The first kappa shape index (κ1) is 43.7. The Bertz CT molecular complexity index is 2430. The molecule has 2 unspecified atom stereocenters. The number of nitrogens with one attached hydrogen (secondary N) is 4. The average Bonchev–Trinajstić information content (AvgIpc) is 3.90. The lowest BCUT2D eigenvalue weighted by Gasteiger charge is -2.47. The zero-order valence-electron chi connectivity index (χ0n) is 35.1. The molecule has 4 aliphatic heterocycles. The lowest BCUT2D eigenvalue weighted by atomic mass is 9.72. The van der Waals surface area contributed by atoms with E-state index in [2.05, 4.69) is 25.9 Å². The van der Waals surface area contributed by atoms with Crippen molar-refractivity contribution in [2.24, 2.45) is 17.8 Å². The van der Waals surface area contributed by atoms with E-state index in [0.717, 1.165) is 5.39 Å². The van der Waals surface area contributed by atoms with Gasteiger partial charge in [0.25, 0.3) is 5.91 Å². The molecule has 6 N–H and O–H groups in total. The van der Waals surface area contributed by atoms with E-state index in [-0.39, 0.29) is 36.5 Å². The number of H-pyrrole nitrogens is 1. The molecule has 0 bridgehead atoms. The number of thiocarbonyl (C=S) groups is 1. The molecule has 8 rings (SSSR count). The Kier molecular flexibility index (Phi) is 12.2. The van der Waals surface area contributed by atoms with Gasteiger partial charge in [-0.2, -0.15) is 0 Å². The number of carbonyl (C=O) groups is 4. The van der Waals surface area contributed by atoms with Crippen LogP contribution in [0.4, 0.5) is 5.69 Å². The fourth-order valence-corrected chi connectivity index (χ4v) is 8.88. The van der Waals surface area contributed by atoms with Crippen molar-refractivity contribution in [3.05, 3.63) is 90.1 Å². The van der Waals surface area contributed by atoms with E-state index in [4.69, 9.17) is 40.9 Å². The van der Waals surface area contributed by atoms with Crippen LogP contribution in [0.1, 0.15) is 61.9 Å². The van der Waals surface area contributed by atoms with Gasteiger partial charge in [-0.25, -0.2) is 19.6 Å². The smallest absolute Gasteiger partial charge is 0.351 e. The first-order valence-corrected chi connectivity index (χ1v) is 21.1. The summed E-state index contributed by atoms with van der Waals surface area (Å²) in [6.07, 6.45) is -0.212. The van der Waals surface area contributed by atoms with E-state index in [1.807, 2.05) is 36.4 Å². The number of amides is 2. The summed E-state index contributed by atoms with van der Waals surface area (Å²) in [4.78, 5) is 69.5. The Morgan fingerprint density at radius 2 is 1.86 bits per heavy atom. The molecule has 2 amide bonds. The van der Waals surface area contributed by atoms with Gasteiger partial charge in [-0.1, -0.05) is 45.0 Å². The predicted octanol–water partition coefficient (Wildman–Crippen LogP) is 2.98. The fourth-order valence-electron chi connectivity index (χ4n) is 8.64. The second-order valence-electron chi connectivity index (χ2n) is 16.4. The number of hydrogen-bond donors (Lipinski definition) is 6. The van der Waals surface area contributed by atoms with Crippen molar-refractivity contribution in [1.82, 2.24) is 30.5 Å². The number of methoxy groups -OCH3 is 1. The van der Waals surface area contributed by atoms with Crippen LogP contribution in [-0.4, -0.2) is 122 Å². The molecule has 0 spiro atoms. The third-order valence-electron chi connectivity index (χ3n) is 12.1. The number of cyclic esters (lactones) is 1. The maximum atomic E-state index is 14.3. The van der Waals surface area contributed by atoms with E-state index < -0.39 is 78.1 Å². The molecule has 0 aliphatic carbocycles. The van der Waals surface area contributed by atoms with Crippen LogP contribution in [0.25, 0.3) is 16.6 Å². The van der Waals surface area contributed by atoms with Crippen LogP contribution >= 0.6 is 12.2 Å². The normalized spacial score (nSPS) is 27.3. The number of rotatable bonds is 12. The minimum absolute atomic E-state index is 0.0236. The summed E-state index contributed by atoms with van der Waals surface area (Å²) in [6.45, 7) is 7.11. The second-order valence-corrected chi connectivity index (χ2v) is 16.8. The maximum Gasteiger partial charge on any atom is 0.351 e. The molecule has 0 saturated carbocycles. The molecule has 0 radical (unpaired) electrons. The highest BCUT2D eigenvalue weighted by atomic mass is 32.1. The van der Waals surface area contributed by atoms with E-state index >= 15 is 0 Å². The van der Waals surface area contributed by atoms with E-state index in [9.17, 15) is 29.4 Å². The summed E-state index contributed by atoms with van der Waals surface area (Å²) in [5.74, 6) is -3.58. The number of anilines is 1. The number of aromatic nitrogens is 3. The van der Waals surface area contributed by atoms with E-state index in [1.165, 1.54) is 19.6 Å². The number of aliphatic hydroxyl groups is 2. The summed E-state index contributed by atoms with van der Waals surface area (Å²) < 4.78 is 28.7. The topological polar surface area (TPSA) is 236 Å². The van der Waals surface area contributed by atoms with Crippen LogP contribution in [0.2, 0.25) is 0 Å². The van der Waals surface area contributed by atoms with Gasteiger partial charge in [0.1, 0.15) is 36.1 Å². The molecular formula is C44H49N7O11S. The minimum atomic E-state index is -1.76. The van der Waals surface area contributed by atoms with Crippen LogP contribution in [0, 0.1) is 17.8 Å². The number of fused-ring (bicyclic) bond motifs is 5. The number of imidazole rings is 1. The van der Waals surface area contributed by atoms with Gasteiger partial charge in [-0.15, -0.1) is 0 Å². The SMILES string of the molecule is CC[C@@]1(OC(=O)[C@@H](NC(=O)[C@@H](NC(=S)Nc2ccc(O[C@H]3O[C@@H](C)[C@@H](O)[C@@H](OC)[C@@H]3O)cc2)c2cnc[nH]2)C(C)C)C(=O)OCC2CN3C(=O)c4cc5ccccc5nc4C3=CC21. The fraction of sp³-hybridized carbons (Fsp3) is 0.432. The number of pyridine rings is 1. The number of hydrogen-bond acceptors (Lipinski definition) is 14. The zero-order valence-corrected chi connectivity index (χ0v) is 36.0. The largest absolute Gasteiger partial charge is 0.462 e. The number of para-hydroxylation sites is 1. The van der Waals surface area contributed by atoms with Crippen LogP contribution in [0.15, 0.2) is 73.2 Å². The summed E-state index contributed by atoms with van der Waals surface area (Å²) >= 11 is 5.61. The lowest BCUT2D eigenvalue weighted by Crippen LogP contribution is -2.61.